The predicted octanol–water partition coefficient (Wildman–Crippen LogP) is -0.866. The average Bonchev–Trinajstić information content (AvgIpc) is 1.27. The van der Waals surface area contributed by atoms with Gasteiger partial charge in [-0.05, 0) is 6.92 Å². The van der Waals surface area contributed by atoms with Crippen molar-refractivity contribution >= 4 is 60.6 Å². The summed E-state index contributed by atoms with van der Waals surface area (Å²) in [4.78, 5) is 19.5. The quantitative estimate of drug-likeness (QED) is 0.505. The molecule has 3 nitrogen and oxygen atoms in total. The number of carboxylic acid groups (broad SMARTS) is 1. The molecule has 0 heterocycles. The summed E-state index contributed by atoms with van der Waals surface area (Å²) in [5.41, 5.74) is 0. The first-order valence-corrected chi connectivity index (χ1v) is 1.84. The molecule has 0 spiro atoms. The van der Waals surface area contributed by atoms with E-state index in [4.69, 9.17) is 5.11 Å². The molecule has 0 aromatic heterocycles. The molecule has 0 rings (SSSR count). The van der Waals surface area contributed by atoms with Crippen LogP contribution in [0.5, 0.6) is 0 Å². The molecular formula is C4H8BaO3. The number of ketones is 1. The maximum atomic E-state index is 9.87. The van der Waals surface area contributed by atoms with Crippen molar-refractivity contribution in [2.75, 3.05) is 0 Å². The van der Waals surface area contributed by atoms with Gasteiger partial charge in [-0.25, -0.2) is 0 Å². The molecule has 0 fully saturated rings. The van der Waals surface area contributed by atoms with E-state index < -0.39 is 5.97 Å². The zero-order valence-electron chi connectivity index (χ0n) is 3.97. The van der Waals surface area contributed by atoms with Gasteiger partial charge in [0.05, 0.1) is 0 Å². The minimum atomic E-state index is -1.06. The van der Waals surface area contributed by atoms with Gasteiger partial charge in [0.15, 0.2) is 0 Å². The predicted molar refractivity (Wildman–Crippen MR) is 31.5 cm³/mol. The minimum absolute atomic E-state index is 0. The van der Waals surface area contributed by atoms with E-state index in [0.717, 1.165) is 0 Å². The molecule has 0 bridgehead atoms. The van der Waals surface area contributed by atoms with Crippen molar-refractivity contribution < 1.29 is 14.7 Å². The Morgan fingerprint density at radius 2 is 1.88 bits per heavy atom. The second-order valence-electron chi connectivity index (χ2n) is 1.27. The Balaban J connectivity index is 0. The number of rotatable bonds is 2. The van der Waals surface area contributed by atoms with Crippen LogP contribution >= 0.6 is 0 Å². The molecule has 0 amide bonds. The molecule has 1 N–H and O–H groups in total. The summed E-state index contributed by atoms with van der Waals surface area (Å²) in [5.74, 6) is -1.37. The molecule has 8 heavy (non-hydrogen) atoms. The first-order chi connectivity index (χ1) is 3.13. The van der Waals surface area contributed by atoms with Gasteiger partial charge in [-0.2, -0.15) is 0 Å². The Bertz CT molecular complexity index is 87.5. The van der Waals surface area contributed by atoms with E-state index in [2.05, 4.69) is 0 Å². The van der Waals surface area contributed by atoms with Crippen LogP contribution in [-0.2, 0) is 9.59 Å². The molecule has 0 saturated heterocycles. The fraction of sp³-hybridized carbons (Fsp3) is 0.500. The Morgan fingerprint density at radius 1 is 1.50 bits per heavy atom. The van der Waals surface area contributed by atoms with Crippen LogP contribution in [-0.4, -0.2) is 65.7 Å². The van der Waals surface area contributed by atoms with Crippen LogP contribution in [0.25, 0.3) is 0 Å². The van der Waals surface area contributed by atoms with Crippen LogP contribution in [0.2, 0.25) is 0 Å². The third kappa shape index (κ3) is 9.86. The Labute approximate surface area is 87.5 Å². The van der Waals surface area contributed by atoms with Crippen molar-refractivity contribution in [1.29, 1.82) is 0 Å². The van der Waals surface area contributed by atoms with E-state index in [1.54, 1.807) is 0 Å². The summed E-state index contributed by atoms with van der Waals surface area (Å²) in [6.45, 7) is 1.24. The van der Waals surface area contributed by atoms with E-state index in [-0.39, 0.29) is 61.1 Å². The van der Waals surface area contributed by atoms with Gasteiger partial charge in [-0.15, -0.1) is 0 Å². The van der Waals surface area contributed by atoms with Crippen LogP contribution in [0.1, 0.15) is 13.3 Å². The molecule has 0 aliphatic rings. The molecule has 0 aromatic carbocycles. The molecule has 0 aliphatic carbocycles. The monoisotopic (exact) mass is 242 g/mol. The average molecular weight is 241 g/mol. The van der Waals surface area contributed by atoms with E-state index >= 15 is 0 Å². The van der Waals surface area contributed by atoms with Gasteiger partial charge in [-0.3, -0.25) is 9.59 Å². The van der Waals surface area contributed by atoms with Crippen molar-refractivity contribution in [2.45, 2.75) is 13.3 Å². The SMILES string of the molecule is CC(=O)CC(=O)O.[BaH2]. The van der Waals surface area contributed by atoms with Crippen LogP contribution in [0, 0.1) is 0 Å². The van der Waals surface area contributed by atoms with Gasteiger partial charge >= 0.3 is 54.9 Å². The molecule has 0 atom stereocenters. The second kappa shape index (κ2) is 5.84. The zero-order chi connectivity index (χ0) is 5.86. The standard InChI is InChI=1S/C4H6O3.Ba.2H/c1-3(5)2-4(6)7;;;/h2H2,1H3,(H,6,7);;;. The number of Topliss-reactive ketones (excluding diaryl/α,β-unsaturated/α-hetero) is 1. The summed E-state index contributed by atoms with van der Waals surface area (Å²) in [7, 11) is 0. The number of carbonyl (C=O) groups excluding carboxylic acids is 1. The van der Waals surface area contributed by atoms with E-state index in [0.29, 0.717) is 0 Å². The number of aliphatic carboxylic acids is 1. The first kappa shape index (κ1) is 11.5. The van der Waals surface area contributed by atoms with Gasteiger partial charge in [0.25, 0.3) is 0 Å². The molecule has 0 radical (unpaired) electrons. The molecule has 0 aliphatic heterocycles. The molecule has 44 valence electrons. The van der Waals surface area contributed by atoms with Crippen LogP contribution in [0.4, 0.5) is 0 Å². The van der Waals surface area contributed by atoms with Crippen molar-refractivity contribution in [3.63, 3.8) is 0 Å². The van der Waals surface area contributed by atoms with Gasteiger partial charge in [0, 0.05) is 0 Å². The van der Waals surface area contributed by atoms with Gasteiger partial charge in [0.1, 0.15) is 12.2 Å². The normalized spacial score (nSPS) is 7.12. The van der Waals surface area contributed by atoms with E-state index in [9.17, 15) is 9.59 Å². The third-order valence-electron chi connectivity index (χ3n) is 0.400. The van der Waals surface area contributed by atoms with Crippen molar-refractivity contribution in [2.24, 2.45) is 0 Å². The topological polar surface area (TPSA) is 54.4 Å². The van der Waals surface area contributed by atoms with Crippen LogP contribution < -0.4 is 0 Å². The summed E-state index contributed by atoms with van der Waals surface area (Å²) in [5, 5.41) is 7.86. The number of hydrogen-bond acceptors (Lipinski definition) is 2. The van der Waals surface area contributed by atoms with Gasteiger partial charge < -0.3 is 5.11 Å². The van der Waals surface area contributed by atoms with Gasteiger partial charge in [0.2, 0.25) is 0 Å². The Hall–Kier alpha value is 0.711. The number of carboxylic acids is 1. The number of hydrogen-bond donors (Lipinski definition) is 1. The molecule has 0 unspecified atom stereocenters. The summed E-state index contributed by atoms with van der Waals surface area (Å²) in [6.07, 6.45) is -0.361. The van der Waals surface area contributed by atoms with E-state index in [1.807, 2.05) is 0 Å². The van der Waals surface area contributed by atoms with Crippen molar-refractivity contribution in [1.82, 2.24) is 0 Å². The van der Waals surface area contributed by atoms with Crippen LogP contribution in [0.3, 0.4) is 0 Å². The summed E-state index contributed by atoms with van der Waals surface area (Å²) in [6, 6.07) is 0. The maximum absolute atomic E-state index is 9.87. The number of carbonyl (C=O) groups is 2. The molecule has 0 aromatic rings. The first-order valence-electron chi connectivity index (χ1n) is 1.84. The molecular weight excluding hydrogens is 233 g/mol. The second-order valence-corrected chi connectivity index (χ2v) is 1.27. The summed E-state index contributed by atoms with van der Waals surface area (Å²) < 4.78 is 0. The van der Waals surface area contributed by atoms with Crippen molar-refractivity contribution in [3.8, 4) is 0 Å². The Morgan fingerprint density at radius 3 is 1.88 bits per heavy atom. The fourth-order valence-electron chi connectivity index (χ4n) is 0.213. The summed E-state index contributed by atoms with van der Waals surface area (Å²) >= 11 is 0. The molecule has 4 heteroatoms. The fourth-order valence-corrected chi connectivity index (χ4v) is 0.213. The third-order valence-corrected chi connectivity index (χ3v) is 0.400. The molecule has 0 saturated carbocycles. The van der Waals surface area contributed by atoms with Crippen molar-refractivity contribution in [3.05, 3.63) is 0 Å². The Kier molecular flexibility index (Phi) is 8.40. The zero-order valence-corrected chi connectivity index (χ0v) is 3.97. The van der Waals surface area contributed by atoms with E-state index in [1.165, 1.54) is 6.92 Å². The van der Waals surface area contributed by atoms with Gasteiger partial charge in [-0.1, -0.05) is 0 Å². The van der Waals surface area contributed by atoms with Crippen LogP contribution in [0.15, 0.2) is 0 Å².